The quantitative estimate of drug-likeness (QED) is 0.857. The summed E-state index contributed by atoms with van der Waals surface area (Å²) in [6.45, 7) is 5.26. The first-order valence-corrected chi connectivity index (χ1v) is 8.01. The fraction of sp³-hybridized carbons (Fsp3) is 0.500. The molecular weight excluding hydrogens is 260 g/mol. The third kappa shape index (κ3) is 4.06. The van der Waals surface area contributed by atoms with E-state index < -0.39 is 10.8 Å². The number of anilines is 1. The SMILES string of the molecule is Cc1cccc(NC(=O)N2CCS(=O)CC(C)C2)c1. The summed E-state index contributed by atoms with van der Waals surface area (Å²) >= 11 is 0. The van der Waals surface area contributed by atoms with E-state index in [-0.39, 0.29) is 11.9 Å². The largest absolute Gasteiger partial charge is 0.323 e. The van der Waals surface area contributed by atoms with Gasteiger partial charge in [-0.3, -0.25) is 4.21 Å². The third-order valence-electron chi connectivity index (χ3n) is 3.15. The molecule has 0 saturated carbocycles. The summed E-state index contributed by atoms with van der Waals surface area (Å²) in [5.41, 5.74) is 1.92. The molecule has 1 heterocycles. The lowest BCUT2D eigenvalue weighted by atomic mass is 10.2. The summed E-state index contributed by atoms with van der Waals surface area (Å²) in [5, 5.41) is 2.90. The summed E-state index contributed by atoms with van der Waals surface area (Å²) < 4.78 is 11.6. The standard InChI is InChI=1S/C14H20N2O2S/c1-11-4-3-5-13(8-11)15-14(17)16-6-7-19(18)10-12(2)9-16/h3-5,8,12H,6-7,9-10H2,1-2H3,(H,15,17). The number of urea groups is 1. The first-order valence-electron chi connectivity index (χ1n) is 6.52. The van der Waals surface area contributed by atoms with Gasteiger partial charge in [-0.25, -0.2) is 4.79 Å². The van der Waals surface area contributed by atoms with Crippen molar-refractivity contribution in [1.29, 1.82) is 0 Å². The Hall–Kier alpha value is -1.36. The molecule has 2 atom stereocenters. The van der Waals surface area contributed by atoms with Gasteiger partial charge in [-0.15, -0.1) is 0 Å². The van der Waals surface area contributed by atoms with Crippen molar-refractivity contribution in [1.82, 2.24) is 4.90 Å². The van der Waals surface area contributed by atoms with Crippen molar-refractivity contribution in [2.24, 2.45) is 5.92 Å². The number of carbonyl (C=O) groups is 1. The fourth-order valence-electron chi connectivity index (χ4n) is 2.24. The van der Waals surface area contributed by atoms with Crippen LogP contribution in [-0.2, 0) is 10.8 Å². The second-order valence-electron chi connectivity index (χ2n) is 5.16. The maximum atomic E-state index is 12.2. The number of nitrogens with zero attached hydrogens (tertiary/aromatic N) is 1. The van der Waals surface area contributed by atoms with E-state index in [9.17, 15) is 9.00 Å². The highest BCUT2D eigenvalue weighted by Crippen LogP contribution is 2.13. The number of carbonyl (C=O) groups excluding carboxylic acids is 1. The number of amides is 2. The van der Waals surface area contributed by atoms with Crippen molar-refractivity contribution in [2.45, 2.75) is 13.8 Å². The molecule has 2 unspecified atom stereocenters. The smallest absolute Gasteiger partial charge is 0.321 e. The molecule has 0 aromatic heterocycles. The Balaban J connectivity index is 2.01. The lowest BCUT2D eigenvalue weighted by Crippen LogP contribution is -2.38. The average molecular weight is 280 g/mol. The van der Waals surface area contributed by atoms with E-state index in [4.69, 9.17) is 0 Å². The van der Waals surface area contributed by atoms with Crippen LogP contribution in [0.15, 0.2) is 24.3 Å². The topological polar surface area (TPSA) is 49.4 Å². The number of rotatable bonds is 1. The molecule has 0 spiro atoms. The second-order valence-corrected chi connectivity index (χ2v) is 6.78. The Morgan fingerprint density at radius 2 is 2.26 bits per heavy atom. The highest BCUT2D eigenvalue weighted by molar-refractivity contribution is 7.85. The minimum atomic E-state index is -0.797. The predicted octanol–water partition coefficient (Wildman–Crippen LogP) is 2.23. The van der Waals surface area contributed by atoms with E-state index in [1.165, 1.54) is 0 Å². The lowest BCUT2D eigenvalue weighted by molar-refractivity contribution is 0.210. The van der Waals surface area contributed by atoms with Crippen molar-refractivity contribution >= 4 is 22.5 Å². The number of benzene rings is 1. The molecule has 0 aliphatic carbocycles. The first kappa shape index (κ1) is 14.1. The minimum Gasteiger partial charge on any atom is -0.323 e. The van der Waals surface area contributed by atoms with Crippen molar-refractivity contribution in [3.63, 3.8) is 0 Å². The van der Waals surface area contributed by atoms with E-state index in [1.807, 2.05) is 38.1 Å². The highest BCUT2D eigenvalue weighted by Gasteiger charge is 2.22. The van der Waals surface area contributed by atoms with Crippen LogP contribution in [-0.4, -0.2) is 39.7 Å². The predicted molar refractivity (Wildman–Crippen MR) is 78.8 cm³/mol. The molecule has 2 rings (SSSR count). The number of nitrogens with one attached hydrogen (secondary N) is 1. The van der Waals surface area contributed by atoms with Crippen molar-refractivity contribution in [3.05, 3.63) is 29.8 Å². The maximum Gasteiger partial charge on any atom is 0.321 e. The number of aryl methyl sites for hydroxylation is 1. The Bertz CT molecular complexity index is 490. The van der Waals surface area contributed by atoms with Gasteiger partial charge in [0.15, 0.2) is 0 Å². The average Bonchev–Trinajstić information content (AvgIpc) is 2.50. The van der Waals surface area contributed by atoms with Gasteiger partial charge >= 0.3 is 6.03 Å². The maximum absolute atomic E-state index is 12.2. The van der Waals surface area contributed by atoms with Crippen LogP contribution in [0.4, 0.5) is 10.5 Å². The molecule has 0 bridgehead atoms. The van der Waals surface area contributed by atoms with Gasteiger partial charge in [-0.05, 0) is 30.5 Å². The van der Waals surface area contributed by atoms with Crippen molar-refractivity contribution < 1.29 is 9.00 Å². The Morgan fingerprint density at radius 3 is 3.00 bits per heavy atom. The number of hydrogen-bond acceptors (Lipinski definition) is 2. The molecule has 2 amide bonds. The highest BCUT2D eigenvalue weighted by atomic mass is 32.2. The molecule has 1 fully saturated rings. The molecule has 1 aliphatic rings. The van der Waals surface area contributed by atoms with Gasteiger partial charge in [0.05, 0.1) is 0 Å². The van der Waals surface area contributed by atoms with Crippen LogP contribution in [0, 0.1) is 12.8 Å². The summed E-state index contributed by atoms with van der Waals surface area (Å²) in [5.74, 6) is 1.55. The van der Waals surface area contributed by atoms with Gasteiger partial charge in [0, 0.05) is 41.1 Å². The molecule has 104 valence electrons. The van der Waals surface area contributed by atoms with Gasteiger partial charge in [-0.1, -0.05) is 19.1 Å². The Kier molecular flexibility index (Phi) is 4.58. The minimum absolute atomic E-state index is 0.101. The van der Waals surface area contributed by atoms with Crippen LogP contribution in [0.1, 0.15) is 12.5 Å². The van der Waals surface area contributed by atoms with E-state index in [0.717, 1.165) is 11.3 Å². The van der Waals surface area contributed by atoms with Gasteiger partial charge in [0.1, 0.15) is 0 Å². The Morgan fingerprint density at radius 1 is 1.47 bits per heavy atom. The van der Waals surface area contributed by atoms with Crippen molar-refractivity contribution in [3.8, 4) is 0 Å². The summed E-state index contributed by atoms with van der Waals surface area (Å²) in [6, 6.07) is 7.63. The molecule has 4 nitrogen and oxygen atoms in total. The molecular formula is C14H20N2O2S. The monoisotopic (exact) mass is 280 g/mol. The normalized spacial score (nSPS) is 23.8. The summed E-state index contributed by atoms with van der Waals surface area (Å²) in [6.07, 6.45) is 0. The van der Waals surface area contributed by atoms with Gasteiger partial charge in [-0.2, -0.15) is 0 Å². The second kappa shape index (κ2) is 6.19. The zero-order chi connectivity index (χ0) is 13.8. The number of hydrogen-bond donors (Lipinski definition) is 1. The zero-order valence-corrected chi connectivity index (χ0v) is 12.2. The molecule has 5 heteroatoms. The lowest BCUT2D eigenvalue weighted by Gasteiger charge is -2.22. The van der Waals surface area contributed by atoms with E-state index in [2.05, 4.69) is 5.32 Å². The van der Waals surface area contributed by atoms with E-state index in [1.54, 1.807) is 4.90 Å². The van der Waals surface area contributed by atoms with Gasteiger partial charge in [0.2, 0.25) is 0 Å². The van der Waals surface area contributed by atoms with Crippen LogP contribution >= 0.6 is 0 Å². The molecule has 19 heavy (non-hydrogen) atoms. The molecule has 1 N–H and O–H groups in total. The zero-order valence-electron chi connectivity index (χ0n) is 11.4. The summed E-state index contributed by atoms with van der Waals surface area (Å²) in [7, 11) is -0.797. The molecule has 1 aromatic carbocycles. The molecule has 1 aliphatic heterocycles. The van der Waals surface area contributed by atoms with Crippen molar-refractivity contribution in [2.75, 3.05) is 29.9 Å². The fourth-order valence-corrected chi connectivity index (χ4v) is 3.57. The van der Waals surface area contributed by atoms with Gasteiger partial charge in [0.25, 0.3) is 0 Å². The van der Waals surface area contributed by atoms with Crippen LogP contribution < -0.4 is 5.32 Å². The van der Waals surface area contributed by atoms with E-state index >= 15 is 0 Å². The third-order valence-corrected chi connectivity index (χ3v) is 4.73. The Labute approximate surface area is 116 Å². The van der Waals surface area contributed by atoms with Crippen LogP contribution in [0.5, 0.6) is 0 Å². The van der Waals surface area contributed by atoms with Crippen LogP contribution in [0.25, 0.3) is 0 Å². The molecule has 1 saturated heterocycles. The van der Waals surface area contributed by atoms with Crippen LogP contribution in [0.2, 0.25) is 0 Å². The molecule has 1 aromatic rings. The van der Waals surface area contributed by atoms with E-state index in [0.29, 0.717) is 24.6 Å². The molecule has 0 radical (unpaired) electrons. The first-order chi connectivity index (χ1) is 9.04. The summed E-state index contributed by atoms with van der Waals surface area (Å²) in [4.78, 5) is 14.0. The van der Waals surface area contributed by atoms with Crippen LogP contribution in [0.3, 0.4) is 0 Å². The van der Waals surface area contributed by atoms with Gasteiger partial charge < -0.3 is 10.2 Å².